The van der Waals surface area contributed by atoms with Crippen molar-refractivity contribution < 1.29 is 0 Å². The van der Waals surface area contributed by atoms with Crippen molar-refractivity contribution in [2.24, 2.45) is 0 Å². The molecule has 2 heterocycles. The van der Waals surface area contributed by atoms with Gasteiger partial charge in [-0.05, 0) is 42.4 Å². The largest absolute Gasteiger partial charge is 0.328 e. The van der Waals surface area contributed by atoms with Crippen LogP contribution >= 0.6 is 0 Å². The number of pyridine rings is 1. The first-order chi connectivity index (χ1) is 10.3. The van der Waals surface area contributed by atoms with Crippen molar-refractivity contribution in [2.75, 3.05) is 7.05 Å². The first kappa shape index (κ1) is 13.3. The molecule has 0 amide bonds. The van der Waals surface area contributed by atoms with Gasteiger partial charge in [0.05, 0.1) is 11.6 Å². The molecule has 0 aliphatic heterocycles. The summed E-state index contributed by atoms with van der Waals surface area (Å²) in [6.07, 6.45) is 3.97. The second kappa shape index (κ2) is 5.78. The van der Waals surface area contributed by atoms with Crippen LogP contribution in [0, 0.1) is 11.3 Å². The Bertz CT molecular complexity index is 794. The fourth-order valence-corrected chi connectivity index (χ4v) is 2.53. The molecule has 3 aromatic rings. The Morgan fingerprint density at radius 2 is 2.05 bits per heavy atom. The SMILES string of the molecule is CNCc1cn(Cc2ccc(C#N)cc2)c2ncccc12. The van der Waals surface area contributed by atoms with E-state index >= 15 is 0 Å². The summed E-state index contributed by atoms with van der Waals surface area (Å²) in [6.45, 7) is 1.57. The maximum Gasteiger partial charge on any atom is 0.140 e. The van der Waals surface area contributed by atoms with Gasteiger partial charge in [-0.3, -0.25) is 0 Å². The Kier molecular flexibility index (Phi) is 3.67. The van der Waals surface area contributed by atoms with Crippen LogP contribution in [0.2, 0.25) is 0 Å². The Morgan fingerprint density at radius 1 is 1.24 bits per heavy atom. The number of benzene rings is 1. The molecule has 0 atom stereocenters. The average Bonchev–Trinajstić information content (AvgIpc) is 2.87. The van der Waals surface area contributed by atoms with Crippen molar-refractivity contribution in [1.82, 2.24) is 14.9 Å². The van der Waals surface area contributed by atoms with E-state index in [-0.39, 0.29) is 0 Å². The Hall–Kier alpha value is -2.64. The molecule has 21 heavy (non-hydrogen) atoms. The zero-order valence-corrected chi connectivity index (χ0v) is 11.9. The van der Waals surface area contributed by atoms with Gasteiger partial charge in [0.1, 0.15) is 5.65 Å². The molecule has 0 unspecified atom stereocenters. The second-order valence-electron chi connectivity index (χ2n) is 5.00. The minimum atomic E-state index is 0.685. The van der Waals surface area contributed by atoms with Crippen LogP contribution < -0.4 is 5.32 Å². The average molecular weight is 276 g/mol. The van der Waals surface area contributed by atoms with Gasteiger partial charge >= 0.3 is 0 Å². The van der Waals surface area contributed by atoms with Crippen molar-refractivity contribution in [3.8, 4) is 6.07 Å². The van der Waals surface area contributed by atoms with Crippen LogP contribution in [0.5, 0.6) is 0 Å². The fraction of sp³-hybridized carbons (Fsp3) is 0.176. The third-order valence-electron chi connectivity index (χ3n) is 3.52. The van der Waals surface area contributed by atoms with E-state index in [1.54, 1.807) is 0 Å². The molecule has 4 nitrogen and oxygen atoms in total. The van der Waals surface area contributed by atoms with Gasteiger partial charge in [-0.2, -0.15) is 5.26 Å². The molecule has 0 saturated carbocycles. The van der Waals surface area contributed by atoms with Gasteiger partial charge < -0.3 is 9.88 Å². The number of aromatic nitrogens is 2. The van der Waals surface area contributed by atoms with E-state index in [0.29, 0.717) is 5.56 Å². The summed E-state index contributed by atoms with van der Waals surface area (Å²) >= 11 is 0. The van der Waals surface area contributed by atoms with Crippen LogP contribution in [-0.4, -0.2) is 16.6 Å². The Labute approximate surface area is 123 Å². The highest BCUT2D eigenvalue weighted by Gasteiger charge is 2.08. The predicted octanol–water partition coefficient (Wildman–Crippen LogP) is 2.68. The lowest BCUT2D eigenvalue weighted by atomic mass is 10.1. The first-order valence-corrected chi connectivity index (χ1v) is 6.88. The van der Waals surface area contributed by atoms with Crippen molar-refractivity contribution >= 4 is 11.0 Å². The van der Waals surface area contributed by atoms with E-state index in [0.717, 1.165) is 24.3 Å². The lowest BCUT2D eigenvalue weighted by Crippen LogP contribution is -2.04. The van der Waals surface area contributed by atoms with Crippen LogP contribution in [0.15, 0.2) is 48.8 Å². The van der Waals surface area contributed by atoms with E-state index in [1.807, 2.05) is 43.6 Å². The molecule has 3 rings (SSSR count). The summed E-state index contributed by atoms with van der Waals surface area (Å²) in [5, 5.41) is 13.2. The topological polar surface area (TPSA) is 53.6 Å². The van der Waals surface area contributed by atoms with Gasteiger partial charge in [-0.1, -0.05) is 12.1 Å². The summed E-state index contributed by atoms with van der Waals surface area (Å²) < 4.78 is 2.16. The number of fused-ring (bicyclic) bond motifs is 1. The highest BCUT2D eigenvalue weighted by atomic mass is 15.0. The van der Waals surface area contributed by atoms with Gasteiger partial charge in [0.25, 0.3) is 0 Å². The maximum absolute atomic E-state index is 8.85. The van der Waals surface area contributed by atoms with Crippen LogP contribution in [0.25, 0.3) is 11.0 Å². The lowest BCUT2D eigenvalue weighted by Gasteiger charge is -2.04. The van der Waals surface area contributed by atoms with E-state index in [4.69, 9.17) is 5.26 Å². The third-order valence-corrected chi connectivity index (χ3v) is 3.52. The van der Waals surface area contributed by atoms with Crippen molar-refractivity contribution in [3.63, 3.8) is 0 Å². The summed E-state index contributed by atoms with van der Waals surface area (Å²) in [5.41, 5.74) is 4.08. The maximum atomic E-state index is 8.85. The van der Waals surface area contributed by atoms with Gasteiger partial charge in [-0.15, -0.1) is 0 Å². The first-order valence-electron chi connectivity index (χ1n) is 6.88. The van der Waals surface area contributed by atoms with E-state index < -0.39 is 0 Å². The molecule has 104 valence electrons. The van der Waals surface area contributed by atoms with Gasteiger partial charge in [0, 0.05) is 30.9 Å². The summed E-state index contributed by atoms with van der Waals surface area (Å²) in [7, 11) is 1.94. The molecule has 0 spiro atoms. The normalized spacial score (nSPS) is 10.7. The van der Waals surface area contributed by atoms with E-state index in [9.17, 15) is 0 Å². The van der Waals surface area contributed by atoms with Crippen LogP contribution in [0.4, 0.5) is 0 Å². The van der Waals surface area contributed by atoms with Crippen LogP contribution in [0.1, 0.15) is 16.7 Å². The van der Waals surface area contributed by atoms with Crippen molar-refractivity contribution in [1.29, 1.82) is 5.26 Å². The number of hydrogen-bond donors (Lipinski definition) is 1. The summed E-state index contributed by atoms with van der Waals surface area (Å²) in [4.78, 5) is 4.50. The minimum Gasteiger partial charge on any atom is -0.328 e. The molecular weight excluding hydrogens is 260 g/mol. The second-order valence-corrected chi connectivity index (χ2v) is 5.00. The molecular formula is C17H16N4. The van der Waals surface area contributed by atoms with Gasteiger partial charge in [-0.25, -0.2) is 4.98 Å². The van der Waals surface area contributed by atoms with Crippen molar-refractivity contribution in [3.05, 3.63) is 65.5 Å². The molecule has 0 aliphatic carbocycles. The lowest BCUT2D eigenvalue weighted by molar-refractivity contribution is 0.791. The quantitative estimate of drug-likeness (QED) is 0.797. The van der Waals surface area contributed by atoms with Gasteiger partial charge in [0.15, 0.2) is 0 Å². The summed E-state index contributed by atoms with van der Waals surface area (Å²) in [6, 6.07) is 13.9. The summed E-state index contributed by atoms with van der Waals surface area (Å²) in [5.74, 6) is 0. The van der Waals surface area contributed by atoms with E-state index in [2.05, 4.69) is 33.2 Å². The molecule has 1 aromatic carbocycles. The molecule has 4 heteroatoms. The van der Waals surface area contributed by atoms with Crippen LogP contribution in [-0.2, 0) is 13.1 Å². The molecule has 0 radical (unpaired) electrons. The minimum absolute atomic E-state index is 0.685. The molecule has 0 bridgehead atoms. The number of nitrogens with one attached hydrogen (secondary N) is 1. The fourth-order valence-electron chi connectivity index (χ4n) is 2.53. The zero-order chi connectivity index (χ0) is 14.7. The van der Waals surface area contributed by atoms with Crippen molar-refractivity contribution in [2.45, 2.75) is 13.1 Å². The standard InChI is InChI=1S/C17H16N4/c1-19-10-15-12-21(17-16(15)3-2-8-20-17)11-14-6-4-13(9-18)5-7-14/h2-8,12,19H,10-11H2,1H3. The Morgan fingerprint density at radius 3 is 2.76 bits per heavy atom. The smallest absolute Gasteiger partial charge is 0.140 e. The van der Waals surface area contributed by atoms with Crippen LogP contribution in [0.3, 0.4) is 0 Å². The molecule has 0 fully saturated rings. The zero-order valence-electron chi connectivity index (χ0n) is 11.9. The molecule has 1 N–H and O–H groups in total. The molecule has 2 aromatic heterocycles. The highest BCUT2D eigenvalue weighted by Crippen LogP contribution is 2.20. The van der Waals surface area contributed by atoms with E-state index in [1.165, 1.54) is 10.9 Å². The van der Waals surface area contributed by atoms with Gasteiger partial charge in [0.2, 0.25) is 0 Å². The molecule has 0 aliphatic rings. The monoisotopic (exact) mass is 276 g/mol. The third kappa shape index (κ3) is 2.64. The molecule has 0 saturated heterocycles. The number of rotatable bonds is 4. The number of hydrogen-bond acceptors (Lipinski definition) is 3. The highest BCUT2D eigenvalue weighted by molar-refractivity contribution is 5.80. The number of nitriles is 1. The predicted molar refractivity (Wildman–Crippen MR) is 82.8 cm³/mol. The number of nitrogens with zero attached hydrogens (tertiary/aromatic N) is 3. The Balaban J connectivity index is 1.98.